The molecule has 148 valence electrons. The molecule has 2 N–H and O–H groups in total. The van der Waals surface area contributed by atoms with Crippen LogP contribution in [0.15, 0.2) is 41.3 Å². The lowest BCUT2D eigenvalue weighted by atomic mass is 9.87. The summed E-state index contributed by atoms with van der Waals surface area (Å²) in [6, 6.07) is 8.71. The number of aliphatic hydroxyl groups is 1. The van der Waals surface area contributed by atoms with Crippen LogP contribution in [-0.4, -0.2) is 45.0 Å². The Morgan fingerprint density at radius 1 is 1.39 bits per heavy atom. The number of carbonyl (C=O) groups excluding carboxylic acids is 1. The van der Waals surface area contributed by atoms with E-state index in [-0.39, 0.29) is 11.7 Å². The van der Waals surface area contributed by atoms with Gasteiger partial charge in [-0.2, -0.15) is 4.98 Å². The molecule has 0 spiro atoms. The van der Waals surface area contributed by atoms with Crippen molar-refractivity contribution in [3.8, 4) is 0 Å². The monoisotopic (exact) mass is 385 g/mol. The Bertz CT molecular complexity index is 945. The van der Waals surface area contributed by atoms with Gasteiger partial charge in [-0.25, -0.2) is 4.79 Å². The average molecular weight is 385 g/mol. The number of aryl methyl sites for hydroxylation is 1. The molecular formula is C20H23N3O5. The fourth-order valence-electron chi connectivity index (χ4n) is 3.91. The van der Waals surface area contributed by atoms with E-state index in [4.69, 9.17) is 9.47 Å². The van der Waals surface area contributed by atoms with Gasteiger partial charge in [0.05, 0.1) is 6.61 Å². The number of nitrogens with zero attached hydrogens (tertiary/aromatic N) is 2. The summed E-state index contributed by atoms with van der Waals surface area (Å²) in [6.07, 6.45) is 0.593. The van der Waals surface area contributed by atoms with Gasteiger partial charge in [-0.1, -0.05) is 25.1 Å². The minimum Gasteiger partial charge on any atom is -0.387 e. The molecule has 4 atom stereocenters. The number of hydrogen-bond donors (Lipinski definition) is 2. The van der Waals surface area contributed by atoms with Crippen molar-refractivity contribution in [2.24, 2.45) is 0 Å². The van der Waals surface area contributed by atoms with Crippen molar-refractivity contribution in [2.75, 3.05) is 11.9 Å². The summed E-state index contributed by atoms with van der Waals surface area (Å²) >= 11 is 0. The van der Waals surface area contributed by atoms with Gasteiger partial charge in [-0.05, 0) is 25.5 Å². The van der Waals surface area contributed by atoms with Gasteiger partial charge in [0.25, 0.3) is 5.91 Å². The number of fused-ring (bicyclic) bond motifs is 2. The van der Waals surface area contributed by atoms with E-state index in [0.717, 1.165) is 0 Å². The highest BCUT2D eigenvalue weighted by atomic mass is 16.6. The van der Waals surface area contributed by atoms with Crippen LogP contribution in [0.1, 0.15) is 41.9 Å². The number of hydrogen-bond acceptors (Lipinski definition) is 6. The predicted molar refractivity (Wildman–Crippen MR) is 101 cm³/mol. The molecule has 3 heterocycles. The predicted octanol–water partition coefficient (Wildman–Crippen LogP) is 1.63. The molecule has 0 radical (unpaired) electrons. The van der Waals surface area contributed by atoms with Gasteiger partial charge in [-0.3, -0.25) is 9.36 Å². The lowest BCUT2D eigenvalue weighted by Gasteiger charge is -2.34. The molecule has 2 aliphatic heterocycles. The molecule has 0 saturated carbocycles. The van der Waals surface area contributed by atoms with Crippen LogP contribution in [0.5, 0.6) is 0 Å². The minimum absolute atomic E-state index is 0.197. The van der Waals surface area contributed by atoms with Crippen LogP contribution < -0.4 is 11.0 Å². The van der Waals surface area contributed by atoms with Crippen molar-refractivity contribution in [3.05, 3.63) is 58.1 Å². The van der Waals surface area contributed by atoms with Crippen molar-refractivity contribution in [2.45, 2.75) is 50.7 Å². The lowest BCUT2D eigenvalue weighted by Crippen LogP contribution is -2.48. The number of amides is 1. The van der Waals surface area contributed by atoms with Crippen LogP contribution in [0, 0.1) is 6.92 Å². The van der Waals surface area contributed by atoms with Gasteiger partial charge in [0.2, 0.25) is 0 Å². The maximum absolute atomic E-state index is 12.7. The maximum atomic E-state index is 12.7. The van der Waals surface area contributed by atoms with Gasteiger partial charge in [0.1, 0.15) is 23.6 Å². The highest BCUT2D eigenvalue weighted by Crippen LogP contribution is 2.45. The van der Waals surface area contributed by atoms with Crippen molar-refractivity contribution in [1.82, 2.24) is 9.55 Å². The van der Waals surface area contributed by atoms with Crippen LogP contribution in [0.4, 0.5) is 5.82 Å². The third-order valence-electron chi connectivity index (χ3n) is 5.60. The highest BCUT2D eigenvalue weighted by Gasteiger charge is 2.57. The number of nitrogens with one attached hydrogen (secondary N) is 1. The van der Waals surface area contributed by atoms with Crippen LogP contribution in [0.3, 0.4) is 0 Å². The molecule has 2 aromatic rings. The zero-order valence-electron chi connectivity index (χ0n) is 15.8. The van der Waals surface area contributed by atoms with Gasteiger partial charge < -0.3 is 19.9 Å². The molecule has 1 unspecified atom stereocenters. The number of aliphatic hydroxyl groups excluding tert-OH is 1. The number of anilines is 1. The Morgan fingerprint density at radius 3 is 2.82 bits per heavy atom. The first kappa shape index (κ1) is 18.8. The Balaban J connectivity index is 1.62. The smallest absolute Gasteiger partial charge is 0.351 e. The SMILES string of the molecule is CC[C@@]12CCO[C@@H](C1O)[C@H](n1cc(C)c(NC(=O)c3ccccc3)nc1=O)O2. The highest BCUT2D eigenvalue weighted by molar-refractivity contribution is 6.03. The van der Waals surface area contributed by atoms with Crippen molar-refractivity contribution >= 4 is 11.7 Å². The zero-order chi connectivity index (χ0) is 19.9. The summed E-state index contributed by atoms with van der Waals surface area (Å²) in [5.41, 5.74) is -0.203. The molecule has 0 aliphatic carbocycles. The lowest BCUT2D eigenvalue weighted by molar-refractivity contribution is -0.123. The Labute approximate surface area is 162 Å². The number of rotatable bonds is 4. The number of ether oxygens (including phenoxy) is 2. The van der Waals surface area contributed by atoms with Crippen LogP contribution in [-0.2, 0) is 9.47 Å². The van der Waals surface area contributed by atoms with Crippen molar-refractivity contribution in [3.63, 3.8) is 0 Å². The van der Waals surface area contributed by atoms with E-state index in [1.165, 1.54) is 4.57 Å². The second kappa shape index (κ2) is 7.12. The number of benzene rings is 1. The van der Waals surface area contributed by atoms with Gasteiger partial charge in [-0.15, -0.1) is 0 Å². The average Bonchev–Trinajstić information content (AvgIpc) is 2.86. The topological polar surface area (TPSA) is 103 Å². The quantitative estimate of drug-likeness (QED) is 0.829. The van der Waals surface area contributed by atoms with E-state index in [9.17, 15) is 14.7 Å². The second-order valence-electron chi connectivity index (χ2n) is 7.24. The summed E-state index contributed by atoms with van der Waals surface area (Å²) < 4.78 is 13.1. The van der Waals surface area contributed by atoms with E-state index >= 15 is 0 Å². The molecule has 1 aromatic carbocycles. The second-order valence-corrected chi connectivity index (χ2v) is 7.24. The normalized spacial score (nSPS) is 28.9. The first-order chi connectivity index (χ1) is 13.4. The third kappa shape index (κ3) is 3.03. The largest absolute Gasteiger partial charge is 0.387 e. The van der Waals surface area contributed by atoms with Gasteiger partial charge in [0.15, 0.2) is 6.23 Å². The van der Waals surface area contributed by atoms with E-state index in [0.29, 0.717) is 30.6 Å². The first-order valence-electron chi connectivity index (χ1n) is 9.39. The summed E-state index contributed by atoms with van der Waals surface area (Å²) in [5, 5.41) is 13.3. The molecule has 2 aliphatic rings. The minimum atomic E-state index is -0.805. The van der Waals surface area contributed by atoms with E-state index in [1.54, 1.807) is 37.4 Å². The Hall–Kier alpha value is -2.55. The van der Waals surface area contributed by atoms with Crippen molar-refractivity contribution in [1.29, 1.82) is 0 Å². The summed E-state index contributed by atoms with van der Waals surface area (Å²) in [6.45, 7) is 4.17. The van der Waals surface area contributed by atoms with E-state index in [2.05, 4.69) is 10.3 Å². The van der Waals surface area contributed by atoms with Crippen LogP contribution in [0.25, 0.3) is 0 Å². The third-order valence-corrected chi connectivity index (χ3v) is 5.60. The molecule has 1 amide bonds. The van der Waals surface area contributed by atoms with E-state index < -0.39 is 29.7 Å². The molecular weight excluding hydrogens is 362 g/mol. The molecule has 2 saturated heterocycles. The van der Waals surface area contributed by atoms with E-state index in [1.807, 2.05) is 13.0 Å². The van der Waals surface area contributed by atoms with Gasteiger partial charge in [0, 0.05) is 23.7 Å². The van der Waals surface area contributed by atoms with Gasteiger partial charge >= 0.3 is 5.69 Å². The Morgan fingerprint density at radius 2 is 2.14 bits per heavy atom. The van der Waals surface area contributed by atoms with Crippen molar-refractivity contribution < 1.29 is 19.4 Å². The number of aromatic nitrogens is 2. The molecule has 4 rings (SSSR count). The molecule has 1 aromatic heterocycles. The molecule has 28 heavy (non-hydrogen) atoms. The molecule has 2 bridgehead atoms. The zero-order valence-corrected chi connectivity index (χ0v) is 15.8. The van der Waals surface area contributed by atoms with Crippen LogP contribution >= 0.6 is 0 Å². The maximum Gasteiger partial charge on any atom is 0.351 e. The fourth-order valence-corrected chi connectivity index (χ4v) is 3.91. The number of carbonyl (C=O) groups is 1. The Kier molecular flexibility index (Phi) is 4.78. The summed E-state index contributed by atoms with van der Waals surface area (Å²) in [4.78, 5) is 29.1. The molecule has 8 nitrogen and oxygen atoms in total. The van der Waals surface area contributed by atoms with Crippen LogP contribution in [0.2, 0.25) is 0 Å². The fraction of sp³-hybridized carbons (Fsp3) is 0.450. The first-order valence-corrected chi connectivity index (χ1v) is 9.39. The summed E-state index contributed by atoms with van der Waals surface area (Å²) in [7, 11) is 0. The standard InChI is InChI=1S/C20H23N3O5/c1-3-20-9-10-27-14(15(20)24)18(28-20)23-11-12(2)16(22-19(23)26)21-17(25)13-7-5-4-6-8-13/h4-8,11,14-15,18,24H,3,9-10H2,1-2H3,(H,21,22,25,26)/t14-,15?,18+,20+/m0/s1. The molecule has 8 heteroatoms. The summed E-state index contributed by atoms with van der Waals surface area (Å²) in [5.74, 6) is -0.146. The molecule has 2 fully saturated rings.